The lowest BCUT2D eigenvalue weighted by atomic mass is 9.95. The minimum Gasteiger partial charge on any atom is -0.0776 e. The molecule has 0 radical (unpaired) electrons. The molecule has 0 heteroatoms. The number of hydrogen-bond acceptors (Lipinski definition) is 0. The average molecular weight is 226 g/mol. The Morgan fingerprint density at radius 1 is 0.938 bits per heavy atom. The zero-order valence-electron chi connectivity index (χ0n) is 11.9. The van der Waals surface area contributed by atoms with Crippen LogP contribution in [0.15, 0.2) is 0 Å². The second-order valence-electron chi connectivity index (χ2n) is 7.35. The largest absolute Gasteiger partial charge is 0.0776 e. The van der Waals surface area contributed by atoms with E-state index in [1.165, 1.54) is 19.3 Å². The van der Waals surface area contributed by atoms with Crippen molar-refractivity contribution in [2.75, 3.05) is 0 Å². The number of hydrogen-bond donors (Lipinski definition) is 0. The third-order valence-corrected chi connectivity index (χ3v) is 4.83. The van der Waals surface area contributed by atoms with Gasteiger partial charge in [-0.25, -0.2) is 0 Å². The Bertz CT molecular complexity index is 206. The molecule has 0 aromatic heterocycles. The summed E-state index contributed by atoms with van der Waals surface area (Å²) in [7, 11) is 0. The van der Waals surface area contributed by atoms with Crippen LogP contribution in [0, 0.1) is 28.6 Å². The first-order chi connectivity index (χ1) is 6.69. The van der Waals surface area contributed by atoms with Crippen molar-refractivity contribution in [1.82, 2.24) is 0 Å². The molecule has 1 unspecified atom stereocenters. The molecule has 2 aliphatic carbocycles. The molecule has 0 saturated heterocycles. The second-order valence-corrected chi connectivity index (χ2v) is 7.35. The molecule has 98 valence electrons. The molecule has 2 rings (SSSR count). The van der Waals surface area contributed by atoms with Gasteiger partial charge in [0.05, 0.1) is 0 Å². The second kappa shape index (κ2) is 5.10. The summed E-state index contributed by atoms with van der Waals surface area (Å²) in [6, 6.07) is 0. The van der Waals surface area contributed by atoms with Crippen LogP contribution in [-0.2, 0) is 0 Å². The molecule has 0 aromatic rings. The fraction of sp³-hybridized carbons (Fsp3) is 1.00. The van der Waals surface area contributed by atoms with Gasteiger partial charge in [-0.1, -0.05) is 55.9 Å². The Morgan fingerprint density at radius 3 is 1.31 bits per heavy atom. The topological polar surface area (TPSA) is 0 Å². The standard InChI is InChI=1S/C8H16.C7H14.CH4/c1-6(2)7-5-8(7,3)4;1-6(2)7(3)4-5-7;/h6-7H,5H2,1-4H3;6H,4-5H2,1-3H3;1H4. The molecule has 2 saturated carbocycles. The summed E-state index contributed by atoms with van der Waals surface area (Å²) in [5, 5.41) is 0. The van der Waals surface area contributed by atoms with E-state index in [0.717, 1.165) is 23.2 Å². The van der Waals surface area contributed by atoms with Crippen molar-refractivity contribution in [3.05, 3.63) is 0 Å². The minimum atomic E-state index is 0. The highest BCUT2D eigenvalue weighted by Gasteiger charge is 2.46. The van der Waals surface area contributed by atoms with Gasteiger partial charge in [0.25, 0.3) is 0 Å². The third-order valence-electron chi connectivity index (χ3n) is 4.83. The summed E-state index contributed by atoms with van der Waals surface area (Å²) in [6.07, 6.45) is 4.38. The highest BCUT2D eigenvalue weighted by atomic mass is 14.5. The van der Waals surface area contributed by atoms with Gasteiger partial charge in [-0.05, 0) is 47.8 Å². The molecular weight excluding hydrogens is 192 g/mol. The minimum absolute atomic E-state index is 0. The van der Waals surface area contributed by atoms with Crippen LogP contribution in [0.25, 0.3) is 0 Å². The Hall–Kier alpha value is 0. The molecular formula is C16H34. The highest BCUT2D eigenvalue weighted by Crippen LogP contribution is 2.55. The van der Waals surface area contributed by atoms with Gasteiger partial charge in [-0.3, -0.25) is 0 Å². The van der Waals surface area contributed by atoms with Crippen molar-refractivity contribution < 1.29 is 0 Å². The van der Waals surface area contributed by atoms with Gasteiger partial charge in [0, 0.05) is 0 Å². The lowest BCUT2D eigenvalue weighted by molar-refractivity contribution is 0.397. The van der Waals surface area contributed by atoms with Crippen molar-refractivity contribution in [3.63, 3.8) is 0 Å². The third kappa shape index (κ3) is 4.11. The predicted octanol–water partition coefficient (Wildman–Crippen LogP) is 5.77. The van der Waals surface area contributed by atoms with Gasteiger partial charge in [0.2, 0.25) is 0 Å². The summed E-state index contributed by atoms with van der Waals surface area (Å²) in [5.41, 5.74) is 1.44. The maximum absolute atomic E-state index is 2.37. The molecule has 2 aliphatic rings. The van der Waals surface area contributed by atoms with Crippen molar-refractivity contribution in [2.45, 2.75) is 75.2 Å². The van der Waals surface area contributed by atoms with Crippen molar-refractivity contribution in [3.8, 4) is 0 Å². The molecule has 16 heavy (non-hydrogen) atoms. The molecule has 0 N–H and O–H groups in total. The lowest BCUT2D eigenvalue weighted by Crippen LogP contribution is -2.01. The maximum Gasteiger partial charge on any atom is -0.0302 e. The van der Waals surface area contributed by atoms with Gasteiger partial charge in [-0.2, -0.15) is 0 Å². The van der Waals surface area contributed by atoms with Crippen LogP contribution < -0.4 is 0 Å². The molecule has 2 fully saturated rings. The summed E-state index contributed by atoms with van der Waals surface area (Å²) in [4.78, 5) is 0. The fourth-order valence-electron chi connectivity index (χ4n) is 2.42. The Morgan fingerprint density at radius 2 is 1.31 bits per heavy atom. The SMILES string of the molecule is C.CC(C)C1(C)CC1.CC(C)C1CC1(C)C. The zero-order chi connectivity index (χ0) is 11.9. The van der Waals surface area contributed by atoms with Crippen molar-refractivity contribution >= 4 is 0 Å². The number of rotatable bonds is 2. The first-order valence-corrected chi connectivity index (χ1v) is 6.69. The van der Waals surface area contributed by atoms with Crippen LogP contribution in [0.3, 0.4) is 0 Å². The molecule has 0 amide bonds. The Kier molecular flexibility index (Phi) is 5.10. The van der Waals surface area contributed by atoms with Crippen LogP contribution in [0.1, 0.15) is 75.2 Å². The van der Waals surface area contributed by atoms with Gasteiger partial charge in [0.15, 0.2) is 0 Å². The van der Waals surface area contributed by atoms with E-state index in [4.69, 9.17) is 0 Å². The summed E-state index contributed by atoms with van der Waals surface area (Å²) >= 11 is 0. The molecule has 0 heterocycles. The van der Waals surface area contributed by atoms with Gasteiger partial charge in [0.1, 0.15) is 0 Å². The Balaban J connectivity index is 0.000000267. The molecule has 0 aliphatic heterocycles. The summed E-state index contributed by atoms with van der Waals surface area (Å²) in [6.45, 7) is 16.4. The van der Waals surface area contributed by atoms with Gasteiger partial charge >= 0.3 is 0 Å². The normalized spacial score (nSPS) is 27.9. The van der Waals surface area contributed by atoms with Crippen molar-refractivity contribution in [2.24, 2.45) is 28.6 Å². The average Bonchev–Trinajstić information content (AvgIpc) is 2.92. The van der Waals surface area contributed by atoms with E-state index in [9.17, 15) is 0 Å². The Labute approximate surface area is 104 Å². The molecule has 0 spiro atoms. The molecule has 0 aromatic carbocycles. The quantitative estimate of drug-likeness (QED) is 0.561. The predicted molar refractivity (Wildman–Crippen MR) is 75.6 cm³/mol. The van der Waals surface area contributed by atoms with E-state index < -0.39 is 0 Å². The fourth-order valence-corrected chi connectivity index (χ4v) is 2.42. The molecule has 0 nitrogen and oxygen atoms in total. The summed E-state index contributed by atoms with van der Waals surface area (Å²) < 4.78 is 0. The van der Waals surface area contributed by atoms with E-state index in [0.29, 0.717) is 5.41 Å². The molecule has 0 bridgehead atoms. The molecule has 1 atom stereocenters. The lowest BCUT2D eigenvalue weighted by Gasteiger charge is -2.10. The van der Waals surface area contributed by atoms with E-state index >= 15 is 0 Å². The smallest absolute Gasteiger partial charge is 0.0302 e. The monoisotopic (exact) mass is 226 g/mol. The van der Waals surface area contributed by atoms with Gasteiger partial charge in [-0.15, -0.1) is 0 Å². The summed E-state index contributed by atoms with van der Waals surface area (Å²) in [5.74, 6) is 2.83. The van der Waals surface area contributed by atoms with Crippen LogP contribution in [0.5, 0.6) is 0 Å². The van der Waals surface area contributed by atoms with Crippen LogP contribution in [0.2, 0.25) is 0 Å². The maximum atomic E-state index is 2.37. The first kappa shape index (κ1) is 16.0. The van der Waals surface area contributed by atoms with E-state index in [2.05, 4.69) is 48.5 Å². The van der Waals surface area contributed by atoms with Crippen LogP contribution in [0.4, 0.5) is 0 Å². The first-order valence-electron chi connectivity index (χ1n) is 6.69. The van der Waals surface area contributed by atoms with Crippen molar-refractivity contribution in [1.29, 1.82) is 0 Å². The van der Waals surface area contributed by atoms with E-state index in [1.54, 1.807) is 0 Å². The zero-order valence-corrected chi connectivity index (χ0v) is 11.9. The van der Waals surface area contributed by atoms with Crippen LogP contribution >= 0.6 is 0 Å². The van der Waals surface area contributed by atoms with E-state index in [1.807, 2.05) is 0 Å². The van der Waals surface area contributed by atoms with Gasteiger partial charge < -0.3 is 0 Å². The van der Waals surface area contributed by atoms with Crippen LogP contribution in [-0.4, -0.2) is 0 Å². The van der Waals surface area contributed by atoms with E-state index in [-0.39, 0.29) is 7.43 Å². The highest BCUT2D eigenvalue weighted by molar-refractivity contribution is 4.96.